The van der Waals surface area contributed by atoms with E-state index < -0.39 is 6.04 Å². The minimum atomic E-state index is -0.497. The highest BCUT2D eigenvalue weighted by atomic mass is 35.5. The summed E-state index contributed by atoms with van der Waals surface area (Å²) in [5, 5.41) is 6.84. The maximum Gasteiger partial charge on any atom is 0.246 e. The Labute approximate surface area is 157 Å². The van der Waals surface area contributed by atoms with Crippen molar-refractivity contribution in [1.29, 1.82) is 0 Å². The average Bonchev–Trinajstić information content (AvgIpc) is 2.58. The van der Waals surface area contributed by atoms with Gasteiger partial charge in [0.25, 0.3) is 0 Å². The molecule has 0 aliphatic heterocycles. The molecule has 0 fully saturated rings. The van der Waals surface area contributed by atoms with Crippen LogP contribution in [0.1, 0.15) is 12.5 Å². The van der Waals surface area contributed by atoms with Gasteiger partial charge < -0.3 is 20.1 Å². The SMILES string of the molecule is COc1cc(C)c(N[C@@H](C)C(=O)Nc2ccc(Cl)cc2Cl)cc1OC. The second kappa shape index (κ2) is 8.32. The Balaban J connectivity index is 2.13. The molecule has 134 valence electrons. The summed E-state index contributed by atoms with van der Waals surface area (Å²) >= 11 is 11.9. The summed E-state index contributed by atoms with van der Waals surface area (Å²) < 4.78 is 10.6. The van der Waals surface area contributed by atoms with Gasteiger partial charge in [0.1, 0.15) is 6.04 Å². The number of ether oxygens (including phenoxy) is 2. The summed E-state index contributed by atoms with van der Waals surface area (Å²) in [5.41, 5.74) is 2.22. The Hall–Kier alpha value is -2.11. The molecule has 0 aliphatic carbocycles. The topological polar surface area (TPSA) is 59.6 Å². The molecule has 0 saturated heterocycles. The van der Waals surface area contributed by atoms with Crippen molar-refractivity contribution in [2.75, 3.05) is 24.9 Å². The number of aryl methyl sites for hydroxylation is 1. The molecule has 0 radical (unpaired) electrons. The number of hydrogen-bond donors (Lipinski definition) is 2. The molecular weight excluding hydrogens is 363 g/mol. The number of amides is 1. The molecular formula is C18H20Cl2N2O3. The van der Waals surface area contributed by atoms with Crippen molar-refractivity contribution >= 4 is 40.5 Å². The summed E-state index contributed by atoms with van der Waals surface area (Å²) in [6.45, 7) is 3.68. The Morgan fingerprint density at radius 1 is 1.04 bits per heavy atom. The number of carbonyl (C=O) groups excluding carboxylic acids is 1. The molecule has 1 atom stereocenters. The largest absolute Gasteiger partial charge is 0.493 e. The standard InChI is InChI=1S/C18H20Cl2N2O3/c1-10-7-16(24-3)17(25-4)9-15(10)21-11(2)18(23)22-14-6-5-12(19)8-13(14)20/h5-9,11,21H,1-4H3,(H,22,23)/t11-/m0/s1. The fraction of sp³-hybridized carbons (Fsp3) is 0.278. The van der Waals surface area contributed by atoms with Crippen LogP contribution in [-0.2, 0) is 4.79 Å². The van der Waals surface area contributed by atoms with E-state index in [1.165, 1.54) is 0 Å². The molecule has 2 rings (SSSR count). The Kier molecular flexibility index (Phi) is 6.39. The van der Waals surface area contributed by atoms with Gasteiger partial charge in [0.05, 0.1) is 24.9 Å². The normalized spacial score (nSPS) is 11.6. The van der Waals surface area contributed by atoms with Crippen LogP contribution in [0.3, 0.4) is 0 Å². The number of methoxy groups -OCH3 is 2. The van der Waals surface area contributed by atoms with Crippen molar-refractivity contribution in [2.24, 2.45) is 0 Å². The van der Waals surface area contributed by atoms with Crippen molar-refractivity contribution in [1.82, 2.24) is 0 Å². The summed E-state index contributed by atoms with van der Waals surface area (Å²) in [6, 6.07) is 8.06. The number of anilines is 2. The number of halogens is 2. The average molecular weight is 383 g/mol. The Morgan fingerprint density at radius 2 is 1.68 bits per heavy atom. The molecule has 2 N–H and O–H groups in total. The van der Waals surface area contributed by atoms with E-state index in [4.69, 9.17) is 32.7 Å². The van der Waals surface area contributed by atoms with Crippen molar-refractivity contribution in [3.63, 3.8) is 0 Å². The first kappa shape index (κ1) is 19.2. The summed E-state index contributed by atoms with van der Waals surface area (Å²) in [6.07, 6.45) is 0. The zero-order chi connectivity index (χ0) is 18.6. The molecule has 0 saturated carbocycles. The highest BCUT2D eigenvalue weighted by Crippen LogP contribution is 2.33. The van der Waals surface area contributed by atoms with E-state index in [1.807, 2.05) is 13.0 Å². The van der Waals surface area contributed by atoms with Crippen LogP contribution in [0.25, 0.3) is 0 Å². The van der Waals surface area contributed by atoms with Crippen LogP contribution >= 0.6 is 23.2 Å². The van der Waals surface area contributed by atoms with Crippen LogP contribution in [0.5, 0.6) is 11.5 Å². The first-order chi connectivity index (χ1) is 11.8. The van der Waals surface area contributed by atoms with E-state index in [1.54, 1.807) is 45.4 Å². The second-order valence-corrected chi connectivity index (χ2v) is 6.35. The molecule has 0 aromatic heterocycles. The lowest BCUT2D eigenvalue weighted by molar-refractivity contribution is -0.116. The van der Waals surface area contributed by atoms with Crippen molar-refractivity contribution in [3.8, 4) is 11.5 Å². The lowest BCUT2D eigenvalue weighted by Crippen LogP contribution is -2.32. The lowest BCUT2D eigenvalue weighted by atomic mass is 10.1. The molecule has 5 nitrogen and oxygen atoms in total. The van der Waals surface area contributed by atoms with Gasteiger partial charge >= 0.3 is 0 Å². The number of benzene rings is 2. The summed E-state index contributed by atoms with van der Waals surface area (Å²) in [4.78, 5) is 12.4. The van der Waals surface area contributed by atoms with Gasteiger partial charge in [-0.15, -0.1) is 0 Å². The zero-order valence-corrected chi connectivity index (χ0v) is 16.0. The van der Waals surface area contributed by atoms with Crippen LogP contribution < -0.4 is 20.1 Å². The first-order valence-electron chi connectivity index (χ1n) is 7.60. The fourth-order valence-corrected chi connectivity index (χ4v) is 2.72. The minimum absolute atomic E-state index is 0.224. The molecule has 7 heteroatoms. The second-order valence-electron chi connectivity index (χ2n) is 5.50. The van der Waals surface area contributed by atoms with E-state index in [2.05, 4.69) is 10.6 Å². The summed E-state index contributed by atoms with van der Waals surface area (Å²) in [7, 11) is 3.14. The zero-order valence-electron chi connectivity index (χ0n) is 14.4. The maximum absolute atomic E-state index is 12.4. The van der Waals surface area contributed by atoms with Crippen LogP contribution in [0.4, 0.5) is 11.4 Å². The Bertz CT molecular complexity index is 781. The minimum Gasteiger partial charge on any atom is -0.493 e. The summed E-state index contributed by atoms with van der Waals surface area (Å²) in [5.74, 6) is 0.998. The van der Waals surface area contributed by atoms with E-state index >= 15 is 0 Å². The van der Waals surface area contributed by atoms with E-state index in [0.29, 0.717) is 27.2 Å². The van der Waals surface area contributed by atoms with Crippen LogP contribution in [0.2, 0.25) is 10.0 Å². The van der Waals surface area contributed by atoms with Crippen molar-refractivity contribution < 1.29 is 14.3 Å². The van der Waals surface area contributed by atoms with Crippen LogP contribution in [0.15, 0.2) is 30.3 Å². The van der Waals surface area contributed by atoms with E-state index in [9.17, 15) is 4.79 Å². The van der Waals surface area contributed by atoms with Gasteiger partial charge in [-0.05, 0) is 43.7 Å². The van der Waals surface area contributed by atoms with Gasteiger partial charge in [-0.3, -0.25) is 4.79 Å². The predicted molar refractivity (Wildman–Crippen MR) is 102 cm³/mol. The third-order valence-electron chi connectivity index (χ3n) is 3.68. The van der Waals surface area contributed by atoms with Gasteiger partial charge in [0.15, 0.2) is 11.5 Å². The molecule has 0 spiro atoms. The van der Waals surface area contributed by atoms with Gasteiger partial charge in [0.2, 0.25) is 5.91 Å². The molecule has 0 unspecified atom stereocenters. The molecule has 2 aromatic carbocycles. The quantitative estimate of drug-likeness (QED) is 0.755. The van der Waals surface area contributed by atoms with Crippen molar-refractivity contribution in [3.05, 3.63) is 45.9 Å². The maximum atomic E-state index is 12.4. The monoisotopic (exact) mass is 382 g/mol. The van der Waals surface area contributed by atoms with Gasteiger partial charge in [-0.25, -0.2) is 0 Å². The van der Waals surface area contributed by atoms with Crippen LogP contribution in [-0.4, -0.2) is 26.2 Å². The van der Waals surface area contributed by atoms with Crippen LogP contribution in [0, 0.1) is 6.92 Å². The predicted octanol–water partition coefficient (Wildman–Crippen LogP) is 4.76. The van der Waals surface area contributed by atoms with E-state index in [0.717, 1.165) is 11.3 Å². The molecule has 25 heavy (non-hydrogen) atoms. The fourth-order valence-electron chi connectivity index (χ4n) is 2.27. The number of carbonyl (C=O) groups is 1. The van der Waals surface area contributed by atoms with Gasteiger partial charge in [0, 0.05) is 16.8 Å². The molecule has 2 aromatic rings. The molecule has 1 amide bonds. The van der Waals surface area contributed by atoms with E-state index in [-0.39, 0.29) is 5.91 Å². The Morgan fingerprint density at radius 3 is 2.28 bits per heavy atom. The number of rotatable bonds is 6. The molecule has 0 heterocycles. The lowest BCUT2D eigenvalue weighted by Gasteiger charge is -2.19. The number of nitrogens with one attached hydrogen (secondary N) is 2. The molecule has 0 bridgehead atoms. The highest BCUT2D eigenvalue weighted by Gasteiger charge is 2.17. The van der Waals surface area contributed by atoms with Gasteiger partial charge in [-0.1, -0.05) is 23.2 Å². The number of hydrogen-bond acceptors (Lipinski definition) is 4. The van der Waals surface area contributed by atoms with Gasteiger partial charge in [-0.2, -0.15) is 0 Å². The third-order valence-corrected chi connectivity index (χ3v) is 4.23. The first-order valence-corrected chi connectivity index (χ1v) is 8.36. The smallest absolute Gasteiger partial charge is 0.246 e. The highest BCUT2D eigenvalue weighted by molar-refractivity contribution is 6.36. The third kappa shape index (κ3) is 4.71. The molecule has 0 aliphatic rings. The van der Waals surface area contributed by atoms with Crippen molar-refractivity contribution in [2.45, 2.75) is 19.9 Å².